The van der Waals surface area contributed by atoms with Crippen molar-refractivity contribution in [1.29, 1.82) is 0 Å². The van der Waals surface area contributed by atoms with Gasteiger partial charge in [-0.1, -0.05) is 24.3 Å². The molecule has 1 amide bonds. The summed E-state index contributed by atoms with van der Waals surface area (Å²) in [6.45, 7) is 1.83. The normalized spacial score (nSPS) is 11.9. The molecule has 1 atom stereocenters. The van der Waals surface area contributed by atoms with Gasteiger partial charge in [-0.3, -0.25) is 4.79 Å². The number of tetrazole rings is 1. The maximum Gasteiger partial charge on any atom is 0.246 e. The number of amides is 1. The number of nitrogens with zero attached hydrogens (tertiary/aromatic N) is 5. The number of carbonyl (C=O) groups is 1. The van der Waals surface area contributed by atoms with Crippen molar-refractivity contribution in [1.82, 2.24) is 25.1 Å². The third kappa shape index (κ3) is 4.28. The van der Waals surface area contributed by atoms with E-state index in [0.29, 0.717) is 11.6 Å². The zero-order chi connectivity index (χ0) is 19.4. The van der Waals surface area contributed by atoms with E-state index in [1.54, 1.807) is 37.3 Å². The summed E-state index contributed by atoms with van der Waals surface area (Å²) < 4.78 is 18.3. The average molecular weight is 369 g/mol. The first-order chi connectivity index (χ1) is 13.0. The Balaban J connectivity index is 1.68. The summed E-state index contributed by atoms with van der Waals surface area (Å²) in [4.78, 5) is 15.4. The highest BCUT2D eigenvalue weighted by Crippen LogP contribution is 2.21. The Hall–Kier alpha value is -3.29. The highest BCUT2D eigenvalue weighted by molar-refractivity contribution is 5.76. The molecule has 0 saturated carbocycles. The molecule has 1 heterocycles. The van der Waals surface area contributed by atoms with Gasteiger partial charge in [-0.2, -0.15) is 4.80 Å². The molecule has 2 aromatic carbocycles. The lowest BCUT2D eigenvalue weighted by Gasteiger charge is -2.25. The maximum atomic E-state index is 13.1. The van der Waals surface area contributed by atoms with Crippen LogP contribution in [-0.2, 0) is 11.3 Å². The molecule has 7 nitrogen and oxygen atoms in total. The predicted octanol–water partition coefficient (Wildman–Crippen LogP) is 2.71. The SMILES string of the molecule is COc1cccc(-c2nnn(CC(=O)N(C)C(C)c3ccc(F)cc3)n2)c1. The monoisotopic (exact) mass is 369 g/mol. The second-order valence-electron chi connectivity index (χ2n) is 6.11. The van der Waals surface area contributed by atoms with Crippen LogP contribution in [0.1, 0.15) is 18.5 Å². The molecule has 1 unspecified atom stereocenters. The molecule has 3 rings (SSSR count). The van der Waals surface area contributed by atoms with Crippen LogP contribution in [0, 0.1) is 5.82 Å². The third-order valence-corrected chi connectivity index (χ3v) is 4.38. The first-order valence-electron chi connectivity index (χ1n) is 8.41. The van der Waals surface area contributed by atoms with E-state index >= 15 is 0 Å². The largest absolute Gasteiger partial charge is 0.497 e. The van der Waals surface area contributed by atoms with Gasteiger partial charge in [0.15, 0.2) is 0 Å². The van der Waals surface area contributed by atoms with Crippen molar-refractivity contribution in [3.8, 4) is 17.1 Å². The lowest BCUT2D eigenvalue weighted by atomic mass is 10.1. The molecule has 0 saturated heterocycles. The lowest BCUT2D eigenvalue weighted by molar-refractivity contribution is -0.132. The Labute approximate surface area is 156 Å². The smallest absolute Gasteiger partial charge is 0.246 e. The summed E-state index contributed by atoms with van der Waals surface area (Å²) in [5.41, 5.74) is 1.59. The van der Waals surface area contributed by atoms with E-state index in [1.165, 1.54) is 16.9 Å². The van der Waals surface area contributed by atoms with Crippen molar-refractivity contribution in [3.63, 3.8) is 0 Å². The van der Waals surface area contributed by atoms with Gasteiger partial charge in [0, 0.05) is 12.6 Å². The van der Waals surface area contributed by atoms with Gasteiger partial charge in [0.2, 0.25) is 11.7 Å². The zero-order valence-corrected chi connectivity index (χ0v) is 15.3. The first-order valence-corrected chi connectivity index (χ1v) is 8.41. The van der Waals surface area contributed by atoms with Gasteiger partial charge in [0.25, 0.3) is 0 Å². The third-order valence-electron chi connectivity index (χ3n) is 4.38. The van der Waals surface area contributed by atoms with Crippen molar-refractivity contribution >= 4 is 5.91 Å². The molecular weight excluding hydrogens is 349 g/mol. The van der Waals surface area contributed by atoms with E-state index in [-0.39, 0.29) is 24.3 Å². The van der Waals surface area contributed by atoms with Gasteiger partial charge in [0.1, 0.15) is 18.1 Å². The second kappa shape index (κ2) is 7.94. The standard InChI is InChI=1S/C19H20FN5O2/c1-13(14-7-9-16(20)10-8-14)24(2)18(26)12-25-22-19(21-23-25)15-5-4-6-17(11-15)27-3/h4-11,13H,12H2,1-3H3. The van der Waals surface area contributed by atoms with Crippen LogP contribution in [0.25, 0.3) is 11.4 Å². The summed E-state index contributed by atoms with van der Waals surface area (Å²) in [6, 6.07) is 13.2. The molecule has 0 fully saturated rings. The van der Waals surface area contributed by atoms with Crippen molar-refractivity contribution < 1.29 is 13.9 Å². The number of hydrogen-bond donors (Lipinski definition) is 0. The van der Waals surface area contributed by atoms with Crippen LogP contribution < -0.4 is 4.74 Å². The van der Waals surface area contributed by atoms with E-state index in [0.717, 1.165) is 11.1 Å². The molecule has 0 spiro atoms. The summed E-state index contributed by atoms with van der Waals surface area (Å²) >= 11 is 0. The zero-order valence-electron chi connectivity index (χ0n) is 15.3. The predicted molar refractivity (Wildman–Crippen MR) is 97.4 cm³/mol. The number of methoxy groups -OCH3 is 1. The number of aromatic nitrogens is 4. The quantitative estimate of drug-likeness (QED) is 0.668. The molecule has 0 radical (unpaired) electrons. The highest BCUT2D eigenvalue weighted by atomic mass is 19.1. The number of carbonyl (C=O) groups excluding carboxylic acids is 1. The molecule has 1 aromatic heterocycles. The molecule has 8 heteroatoms. The fraction of sp³-hybridized carbons (Fsp3) is 0.263. The van der Waals surface area contributed by atoms with Crippen LogP contribution in [0.5, 0.6) is 5.75 Å². The van der Waals surface area contributed by atoms with E-state index in [2.05, 4.69) is 15.4 Å². The van der Waals surface area contributed by atoms with Crippen LogP contribution in [0.15, 0.2) is 48.5 Å². The molecule has 0 N–H and O–H groups in total. The number of rotatable bonds is 6. The minimum atomic E-state index is -0.309. The van der Waals surface area contributed by atoms with Crippen molar-refractivity contribution in [3.05, 3.63) is 59.9 Å². The highest BCUT2D eigenvalue weighted by Gasteiger charge is 2.19. The minimum absolute atomic E-state index is 0.0427. The topological polar surface area (TPSA) is 73.1 Å². The molecule has 27 heavy (non-hydrogen) atoms. The minimum Gasteiger partial charge on any atom is -0.497 e. The molecule has 140 valence electrons. The number of ether oxygens (including phenoxy) is 1. The van der Waals surface area contributed by atoms with E-state index in [4.69, 9.17) is 4.74 Å². The lowest BCUT2D eigenvalue weighted by Crippen LogP contribution is -2.33. The molecular formula is C19H20FN5O2. The Kier molecular flexibility index (Phi) is 5.44. The Morgan fingerprint density at radius 3 is 2.70 bits per heavy atom. The molecule has 3 aromatic rings. The first kappa shape index (κ1) is 18.5. The Morgan fingerprint density at radius 1 is 1.26 bits per heavy atom. The van der Waals surface area contributed by atoms with E-state index < -0.39 is 0 Å². The number of halogens is 1. The van der Waals surface area contributed by atoms with Crippen LogP contribution >= 0.6 is 0 Å². The van der Waals surface area contributed by atoms with Crippen molar-refractivity contribution in [2.45, 2.75) is 19.5 Å². The van der Waals surface area contributed by atoms with Gasteiger partial charge in [-0.25, -0.2) is 4.39 Å². The summed E-state index contributed by atoms with van der Waals surface area (Å²) in [5, 5.41) is 12.2. The fourth-order valence-corrected chi connectivity index (χ4v) is 2.60. The summed E-state index contributed by atoms with van der Waals surface area (Å²) in [6.07, 6.45) is 0. The fourth-order valence-electron chi connectivity index (χ4n) is 2.60. The van der Waals surface area contributed by atoms with Gasteiger partial charge in [0.05, 0.1) is 13.2 Å². The Morgan fingerprint density at radius 2 is 2.00 bits per heavy atom. The summed E-state index contributed by atoms with van der Waals surface area (Å²) in [5.74, 6) is 0.613. The molecule has 0 aliphatic carbocycles. The van der Waals surface area contributed by atoms with Gasteiger partial charge < -0.3 is 9.64 Å². The van der Waals surface area contributed by atoms with Crippen LogP contribution in [0.4, 0.5) is 4.39 Å². The maximum absolute atomic E-state index is 13.1. The van der Waals surface area contributed by atoms with Gasteiger partial charge in [-0.05, 0) is 42.0 Å². The van der Waals surface area contributed by atoms with E-state index in [9.17, 15) is 9.18 Å². The van der Waals surface area contributed by atoms with Crippen molar-refractivity contribution in [2.75, 3.05) is 14.2 Å². The van der Waals surface area contributed by atoms with Gasteiger partial charge >= 0.3 is 0 Å². The average Bonchev–Trinajstić information content (AvgIpc) is 3.16. The van der Waals surface area contributed by atoms with Crippen LogP contribution in [-0.4, -0.2) is 45.2 Å². The Bertz CT molecular complexity index is 926. The van der Waals surface area contributed by atoms with Crippen LogP contribution in [0.2, 0.25) is 0 Å². The van der Waals surface area contributed by atoms with Crippen molar-refractivity contribution in [2.24, 2.45) is 0 Å². The number of hydrogen-bond acceptors (Lipinski definition) is 5. The van der Waals surface area contributed by atoms with E-state index in [1.807, 2.05) is 25.1 Å². The number of likely N-dealkylation sites (N-methyl/N-ethyl adjacent to an activating group) is 1. The second-order valence-corrected chi connectivity index (χ2v) is 6.11. The number of benzene rings is 2. The molecule has 0 aliphatic rings. The van der Waals surface area contributed by atoms with Gasteiger partial charge in [-0.15, -0.1) is 10.2 Å². The molecule has 0 bridgehead atoms. The van der Waals surface area contributed by atoms with Crippen LogP contribution in [0.3, 0.4) is 0 Å². The summed E-state index contributed by atoms with van der Waals surface area (Å²) in [7, 11) is 3.27. The molecule has 0 aliphatic heterocycles.